The summed E-state index contributed by atoms with van der Waals surface area (Å²) in [6.07, 6.45) is 3.25. The number of halogens is 1. The van der Waals surface area contributed by atoms with Gasteiger partial charge in [0.05, 0.1) is 5.69 Å². The number of nitrogens with zero attached hydrogens (tertiary/aromatic N) is 1. The Balaban J connectivity index is 2.12. The van der Waals surface area contributed by atoms with Crippen LogP contribution in [0.5, 0.6) is 0 Å². The van der Waals surface area contributed by atoms with Crippen LogP contribution >= 0.6 is 15.9 Å². The molecule has 0 bridgehead atoms. The minimum absolute atomic E-state index is 0.267. The predicted octanol–water partition coefficient (Wildman–Crippen LogP) is 3.97. The van der Waals surface area contributed by atoms with Crippen LogP contribution in [0.4, 0.5) is 5.69 Å². The fourth-order valence-electron chi connectivity index (χ4n) is 2.70. The molecule has 1 heterocycles. The van der Waals surface area contributed by atoms with Gasteiger partial charge in [0.1, 0.15) is 0 Å². The third-order valence-corrected chi connectivity index (χ3v) is 4.69. The Morgan fingerprint density at radius 1 is 1.42 bits per heavy atom. The molecule has 1 aliphatic heterocycles. The molecule has 19 heavy (non-hydrogen) atoms. The van der Waals surface area contributed by atoms with E-state index in [9.17, 15) is 0 Å². The van der Waals surface area contributed by atoms with Crippen molar-refractivity contribution in [2.24, 2.45) is 11.1 Å². The fraction of sp³-hybridized carbons (Fsp3) is 0.625. The van der Waals surface area contributed by atoms with Crippen molar-refractivity contribution < 1.29 is 0 Å². The monoisotopic (exact) mass is 324 g/mol. The van der Waals surface area contributed by atoms with Gasteiger partial charge in [-0.15, -0.1) is 0 Å². The van der Waals surface area contributed by atoms with Crippen molar-refractivity contribution in [1.29, 1.82) is 0 Å². The first kappa shape index (κ1) is 14.9. The van der Waals surface area contributed by atoms with Crippen LogP contribution in [0.15, 0.2) is 22.7 Å². The zero-order chi connectivity index (χ0) is 14.0. The van der Waals surface area contributed by atoms with Crippen molar-refractivity contribution in [1.82, 2.24) is 0 Å². The predicted molar refractivity (Wildman–Crippen MR) is 86.7 cm³/mol. The lowest BCUT2D eigenvalue weighted by molar-refractivity contribution is 0.418. The van der Waals surface area contributed by atoms with E-state index in [4.69, 9.17) is 5.73 Å². The third-order valence-electron chi connectivity index (χ3n) is 4.05. The molecule has 1 saturated heterocycles. The fourth-order valence-corrected chi connectivity index (χ4v) is 3.38. The van der Waals surface area contributed by atoms with E-state index in [1.165, 1.54) is 22.1 Å². The molecule has 1 atom stereocenters. The summed E-state index contributed by atoms with van der Waals surface area (Å²) in [5.41, 5.74) is 9.10. The van der Waals surface area contributed by atoms with E-state index in [0.29, 0.717) is 5.41 Å². The Bertz CT molecular complexity index is 442. The zero-order valence-corrected chi connectivity index (χ0v) is 13.8. The van der Waals surface area contributed by atoms with Gasteiger partial charge in [0.2, 0.25) is 0 Å². The summed E-state index contributed by atoms with van der Waals surface area (Å²) in [5, 5.41) is 0. The van der Waals surface area contributed by atoms with Crippen LogP contribution in [0.2, 0.25) is 0 Å². The Hall–Kier alpha value is -0.540. The first-order valence-corrected chi connectivity index (χ1v) is 7.99. The molecule has 106 valence electrons. The van der Waals surface area contributed by atoms with Gasteiger partial charge >= 0.3 is 0 Å². The SMILES string of the molecule is CCC(N)Cc1ccc(N2CCC(C)(C)C2)c(Br)c1. The molecule has 1 fully saturated rings. The summed E-state index contributed by atoms with van der Waals surface area (Å²) >= 11 is 3.72. The molecule has 1 aromatic carbocycles. The summed E-state index contributed by atoms with van der Waals surface area (Å²) in [7, 11) is 0. The second kappa shape index (κ2) is 5.84. The number of rotatable bonds is 4. The van der Waals surface area contributed by atoms with Gasteiger partial charge in [0.25, 0.3) is 0 Å². The van der Waals surface area contributed by atoms with Gasteiger partial charge < -0.3 is 10.6 Å². The Morgan fingerprint density at radius 3 is 2.68 bits per heavy atom. The molecule has 0 saturated carbocycles. The first-order chi connectivity index (χ1) is 8.91. The largest absolute Gasteiger partial charge is 0.370 e. The lowest BCUT2D eigenvalue weighted by Crippen LogP contribution is -2.23. The molecular formula is C16H25BrN2. The Morgan fingerprint density at radius 2 is 2.16 bits per heavy atom. The molecule has 2 rings (SSSR count). The summed E-state index contributed by atoms with van der Waals surface area (Å²) in [6.45, 7) is 9.12. The van der Waals surface area contributed by atoms with Crippen molar-refractivity contribution in [3.05, 3.63) is 28.2 Å². The second-order valence-electron chi connectivity index (χ2n) is 6.49. The molecule has 2 N–H and O–H groups in total. The molecule has 0 aliphatic carbocycles. The number of benzene rings is 1. The maximum absolute atomic E-state index is 6.03. The van der Waals surface area contributed by atoms with E-state index in [1.807, 2.05) is 0 Å². The van der Waals surface area contributed by atoms with Crippen LogP contribution in [-0.4, -0.2) is 19.1 Å². The van der Waals surface area contributed by atoms with Crippen molar-refractivity contribution >= 4 is 21.6 Å². The summed E-state index contributed by atoms with van der Waals surface area (Å²) in [5.74, 6) is 0. The number of nitrogens with two attached hydrogens (primary N) is 1. The highest BCUT2D eigenvalue weighted by Gasteiger charge is 2.30. The van der Waals surface area contributed by atoms with Gasteiger partial charge in [-0.25, -0.2) is 0 Å². The van der Waals surface area contributed by atoms with E-state index < -0.39 is 0 Å². The highest BCUT2D eigenvalue weighted by Crippen LogP contribution is 2.36. The molecule has 0 radical (unpaired) electrons. The van der Waals surface area contributed by atoms with Gasteiger partial charge in [-0.2, -0.15) is 0 Å². The van der Waals surface area contributed by atoms with Gasteiger partial charge in [-0.05, 0) is 58.3 Å². The normalized spacial score (nSPS) is 19.7. The van der Waals surface area contributed by atoms with Crippen LogP contribution in [0.1, 0.15) is 39.2 Å². The van der Waals surface area contributed by atoms with Gasteiger partial charge in [0, 0.05) is 23.6 Å². The topological polar surface area (TPSA) is 29.3 Å². The van der Waals surface area contributed by atoms with Crippen molar-refractivity contribution in [2.75, 3.05) is 18.0 Å². The molecule has 0 amide bonds. The van der Waals surface area contributed by atoms with E-state index in [1.54, 1.807) is 0 Å². The smallest absolute Gasteiger partial charge is 0.0511 e. The molecule has 1 unspecified atom stereocenters. The minimum Gasteiger partial charge on any atom is -0.370 e. The van der Waals surface area contributed by atoms with Crippen molar-refractivity contribution in [3.63, 3.8) is 0 Å². The third kappa shape index (κ3) is 3.73. The van der Waals surface area contributed by atoms with Crippen LogP contribution in [0, 0.1) is 5.41 Å². The van der Waals surface area contributed by atoms with Crippen LogP contribution in [0.25, 0.3) is 0 Å². The average Bonchev–Trinajstić information content (AvgIpc) is 2.69. The van der Waals surface area contributed by atoms with Crippen LogP contribution in [0.3, 0.4) is 0 Å². The average molecular weight is 325 g/mol. The van der Waals surface area contributed by atoms with E-state index in [0.717, 1.165) is 25.9 Å². The highest BCUT2D eigenvalue weighted by molar-refractivity contribution is 9.10. The Labute approximate surface area is 125 Å². The second-order valence-corrected chi connectivity index (χ2v) is 7.35. The van der Waals surface area contributed by atoms with Crippen LogP contribution in [-0.2, 0) is 6.42 Å². The lowest BCUT2D eigenvalue weighted by Gasteiger charge is -2.23. The van der Waals surface area contributed by atoms with Crippen LogP contribution < -0.4 is 10.6 Å². The maximum atomic E-state index is 6.03. The maximum Gasteiger partial charge on any atom is 0.0511 e. The molecule has 0 spiro atoms. The molecular weight excluding hydrogens is 300 g/mol. The van der Waals surface area contributed by atoms with Gasteiger partial charge in [0.15, 0.2) is 0 Å². The van der Waals surface area contributed by atoms with Gasteiger partial charge in [-0.3, -0.25) is 0 Å². The zero-order valence-electron chi connectivity index (χ0n) is 12.2. The number of hydrogen-bond acceptors (Lipinski definition) is 2. The summed E-state index contributed by atoms with van der Waals surface area (Å²) in [4.78, 5) is 2.48. The quantitative estimate of drug-likeness (QED) is 0.908. The summed E-state index contributed by atoms with van der Waals surface area (Å²) in [6, 6.07) is 6.96. The summed E-state index contributed by atoms with van der Waals surface area (Å²) < 4.78 is 1.20. The minimum atomic E-state index is 0.267. The van der Waals surface area contributed by atoms with E-state index in [-0.39, 0.29) is 6.04 Å². The number of hydrogen-bond donors (Lipinski definition) is 1. The van der Waals surface area contributed by atoms with E-state index >= 15 is 0 Å². The van der Waals surface area contributed by atoms with Gasteiger partial charge in [-0.1, -0.05) is 26.8 Å². The highest BCUT2D eigenvalue weighted by atomic mass is 79.9. The van der Waals surface area contributed by atoms with Crippen molar-refractivity contribution in [3.8, 4) is 0 Å². The van der Waals surface area contributed by atoms with Crippen molar-refractivity contribution in [2.45, 2.75) is 46.1 Å². The van der Waals surface area contributed by atoms with E-state index in [2.05, 4.69) is 59.8 Å². The molecule has 1 aromatic rings. The molecule has 0 aromatic heterocycles. The standard InChI is InChI=1S/C16H25BrN2/c1-4-13(18)9-12-5-6-15(14(17)10-12)19-8-7-16(2,3)11-19/h5-6,10,13H,4,7-9,11,18H2,1-3H3. The first-order valence-electron chi connectivity index (χ1n) is 7.20. The lowest BCUT2D eigenvalue weighted by atomic mass is 9.93. The number of anilines is 1. The Kier molecular flexibility index (Phi) is 4.57. The molecule has 3 heteroatoms. The molecule has 2 nitrogen and oxygen atoms in total. The molecule has 1 aliphatic rings.